The fraction of sp³-hybridized carbons (Fsp3) is 0. The van der Waals surface area contributed by atoms with E-state index >= 15 is 0 Å². The Morgan fingerprint density at radius 1 is 0.842 bits per heavy atom. The molecule has 0 aliphatic heterocycles. The molecule has 1 aliphatic rings. The number of ketones is 2. The summed E-state index contributed by atoms with van der Waals surface area (Å²) >= 11 is 1.33. The van der Waals surface area contributed by atoms with Crippen LogP contribution in [0.1, 0.15) is 31.8 Å². The highest BCUT2D eigenvalue weighted by molar-refractivity contribution is 7.13. The average Bonchev–Trinajstić information content (AvgIpc) is 2.90. The van der Waals surface area contributed by atoms with Crippen LogP contribution < -0.4 is 0 Å². The van der Waals surface area contributed by atoms with Gasteiger partial charge in [-0.15, -0.1) is 0 Å². The lowest BCUT2D eigenvalue weighted by atomic mass is 9.84. The fourth-order valence-electron chi connectivity index (χ4n) is 2.46. The van der Waals surface area contributed by atoms with Crippen LogP contribution in [0.15, 0.2) is 42.6 Å². The molecule has 3 nitrogen and oxygen atoms in total. The summed E-state index contributed by atoms with van der Waals surface area (Å²) in [6.07, 6.45) is 1.72. The van der Waals surface area contributed by atoms with Gasteiger partial charge in [0.25, 0.3) is 0 Å². The molecule has 19 heavy (non-hydrogen) atoms. The molecule has 0 bridgehead atoms. The van der Waals surface area contributed by atoms with Gasteiger partial charge in [-0.05, 0) is 23.7 Å². The number of hydrogen-bond acceptors (Lipinski definition) is 4. The molecule has 1 aromatic heterocycles. The molecule has 0 saturated carbocycles. The number of carbonyl (C=O) groups is 2. The van der Waals surface area contributed by atoms with Gasteiger partial charge in [-0.3, -0.25) is 9.59 Å². The van der Waals surface area contributed by atoms with E-state index in [1.54, 1.807) is 42.6 Å². The van der Waals surface area contributed by atoms with Crippen LogP contribution in [0, 0.1) is 0 Å². The third-order valence-corrected chi connectivity index (χ3v) is 4.16. The molecular weight excluding hydrogens is 258 g/mol. The van der Waals surface area contributed by atoms with Gasteiger partial charge in [-0.1, -0.05) is 24.3 Å². The highest BCUT2D eigenvalue weighted by atomic mass is 32.1. The van der Waals surface area contributed by atoms with E-state index in [1.807, 2.05) is 0 Å². The first-order valence-corrected chi connectivity index (χ1v) is 6.60. The van der Waals surface area contributed by atoms with Crippen LogP contribution in [0.25, 0.3) is 10.1 Å². The van der Waals surface area contributed by atoms with E-state index in [0.717, 1.165) is 10.1 Å². The summed E-state index contributed by atoms with van der Waals surface area (Å²) in [4.78, 5) is 24.9. The van der Waals surface area contributed by atoms with E-state index in [2.05, 4.69) is 4.37 Å². The normalized spacial score (nSPS) is 13.5. The van der Waals surface area contributed by atoms with Crippen molar-refractivity contribution >= 4 is 33.2 Å². The van der Waals surface area contributed by atoms with Crippen molar-refractivity contribution in [3.63, 3.8) is 0 Å². The second kappa shape index (κ2) is 3.59. The number of carbonyl (C=O) groups excluding carboxylic acids is 2. The minimum Gasteiger partial charge on any atom is -0.289 e. The monoisotopic (exact) mass is 265 g/mol. The predicted molar refractivity (Wildman–Crippen MR) is 72.9 cm³/mol. The van der Waals surface area contributed by atoms with Crippen LogP contribution in [0.3, 0.4) is 0 Å². The van der Waals surface area contributed by atoms with Crippen LogP contribution in [-0.4, -0.2) is 15.9 Å². The summed E-state index contributed by atoms with van der Waals surface area (Å²) in [5.74, 6) is -0.168. The Morgan fingerprint density at radius 3 is 2.16 bits per heavy atom. The van der Waals surface area contributed by atoms with E-state index in [4.69, 9.17) is 0 Å². The third kappa shape index (κ3) is 1.34. The van der Waals surface area contributed by atoms with Crippen LogP contribution in [-0.2, 0) is 0 Å². The maximum Gasteiger partial charge on any atom is 0.194 e. The number of fused-ring (bicyclic) bond motifs is 3. The topological polar surface area (TPSA) is 47.0 Å². The molecule has 2 aromatic carbocycles. The van der Waals surface area contributed by atoms with Crippen molar-refractivity contribution < 1.29 is 9.59 Å². The van der Waals surface area contributed by atoms with E-state index in [1.165, 1.54) is 11.5 Å². The standard InChI is InChI=1S/C15H7NO2S/c17-14-9-3-1-2-4-10(9)15(18)12-6-13-8(5-11(12)14)7-16-19-13/h1-7H. The van der Waals surface area contributed by atoms with Gasteiger partial charge in [-0.25, -0.2) is 0 Å². The third-order valence-electron chi connectivity index (χ3n) is 3.40. The largest absolute Gasteiger partial charge is 0.289 e. The molecule has 0 N–H and O–H groups in total. The quantitative estimate of drug-likeness (QED) is 0.491. The molecule has 4 rings (SSSR count). The minimum absolute atomic E-state index is 0.0829. The van der Waals surface area contributed by atoms with E-state index in [9.17, 15) is 9.59 Å². The van der Waals surface area contributed by atoms with E-state index < -0.39 is 0 Å². The molecule has 0 atom stereocenters. The summed E-state index contributed by atoms with van der Waals surface area (Å²) < 4.78 is 5.02. The first kappa shape index (κ1) is 10.6. The molecule has 0 amide bonds. The molecular formula is C15H7NO2S. The van der Waals surface area contributed by atoms with Gasteiger partial charge in [0.15, 0.2) is 11.6 Å². The predicted octanol–water partition coefficient (Wildman–Crippen LogP) is 3.07. The van der Waals surface area contributed by atoms with Crippen LogP contribution in [0.5, 0.6) is 0 Å². The van der Waals surface area contributed by atoms with Crippen molar-refractivity contribution in [3.05, 3.63) is 64.8 Å². The van der Waals surface area contributed by atoms with Gasteiger partial charge in [0, 0.05) is 33.8 Å². The number of benzene rings is 2. The number of nitrogens with zero attached hydrogens (tertiary/aromatic N) is 1. The second-order valence-electron chi connectivity index (χ2n) is 4.47. The Labute approximate surface area is 112 Å². The van der Waals surface area contributed by atoms with Gasteiger partial charge < -0.3 is 0 Å². The Kier molecular flexibility index (Phi) is 2.00. The minimum atomic E-state index is -0.0849. The molecule has 4 heteroatoms. The van der Waals surface area contributed by atoms with Crippen molar-refractivity contribution in [2.45, 2.75) is 0 Å². The van der Waals surface area contributed by atoms with Crippen LogP contribution >= 0.6 is 11.5 Å². The molecule has 0 fully saturated rings. The smallest absolute Gasteiger partial charge is 0.194 e. The Hall–Kier alpha value is -2.33. The molecule has 0 unspecified atom stereocenters. The first-order chi connectivity index (χ1) is 9.25. The van der Waals surface area contributed by atoms with Crippen molar-refractivity contribution in [1.82, 2.24) is 4.37 Å². The SMILES string of the molecule is O=C1c2ccccc2C(=O)c2cc3sncc3cc21. The van der Waals surface area contributed by atoms with Crippen molar-refractivity contribution in [2.24, 2.45) is 0 Å². The number of aromatic nitrogens is 1. The molecule has 1 heterocycles. The van der Waals surface area contributed by atoms with E-state index in [-0.39, 0.29) is 11.6 Å². The maximum absolute atomic E-state index is 12.5. The Morgan fingerprint density at radius 2 is 1.47 bits per heavy atom. The molecule has 0 spiro atoms. The highest BCUT2D eigenvalue weighted by Crippen LogP contribution is 2.31. The summed E-state index contributed by atoms with van der Waals surface area (Å²) in [5, 5.41) is 0.907. The Balaban J connectivity index is 2.09. The maximum atomic E-state index is 12.5. The van der Waals surface area contributed by atoms with Crippen LogP contribution in [0.4, 0.5) is 0 Å². The van der Waals surface area contributed by atoms with Crippen molar-refractivity contribution in [3.8, 4) is 0 Å². The van der Waals surface area contributed by atoms with Crippen molar-refractivity contribution in [1.29, 1.82) is 0 Å². The van der Waals surface area contributed by atoms with Crippen LogP contribution in [0.2, 0.25) is 0 Å². The first-order valence-electron chi connectivity index (χ1n) is 5.82. The van der Waals surface area contributed by atoms with Gasteiger partial charge in [-0.2, -0.15) is 4.37 Å². The highest BCUT2D eigenvalue weighted by Gasteiger charge is 2.29. The molecule has 0 saturated heterocycles. The van der Waals surface area contributed by atoms with Crippen molar-refractivity contribution in [2.75, 3.05) is 0 Å². The Bertz CT molecular complexity index is 794. The lowest BCUT2D eigenvalue weighted by Gasteiger charge is -2.16. The van der Waals surface area contributed by atoms with Gasteiger partial charge in [0.2, 0.25) is 0 Å². The number of rotatable bonds is 0. The molecule has 90 valence electrons. The lowest BCUT2D eigenvalue weighted by Crippen LogP contribution is -2.20. The average molecular weight is 265 g/mol. The zero-order valence-corrected chi connectivity index (χ0v) is 10.5. The summed E-state index contributed by atoms with van der Waals surface area (Å²) in [6.45, 7) is 0. The molecule has 0 radical (unpaired) electrons. The molecule has 3 aromatic rings. The van der Waals surface area contributed by atoms with Gasteiger partial charge in [0.1, 0.15) is 0 Å². The lowest BCUT2D eigenvalue weighted by molar-refractivity contribution is 0.0979. The number of hydrogen-bond donors (Lipinski definition) is 0. The summed E-state index contributed by atoms with van der Waals surface area (Å²) in [6, 6.07) is 10.5. The van der Waals surface area contributed by atoms with E-state index in [0.29, 0.717) is 22.3 Å². The summed E-state index contributed by atoms with van der Waals surface area (Å²) in [7, 11) is 0. The second-order valence-corrected chi connectivity index (χ2v) is 5.30. The zero-order chi connectivity index (χ0) is 13.0. The fourth-order valence-corrected chi connectivity index (χ4v) is 3.13. The summed E-state index contributed by atoms with van der Waals surface area (Å²) in [5.41, 5.74) is 1.95. The zero-order valence-electron chi connectivity index (χ0n) is 9.71. The molecule has 1 aliphatic carbocycles. The van der Waals surface area contributed by atoms with Gasteiger partial charge >= 0.3 is 0 Å². The van der Waals surface area contributed by atoms with Gasteiger partial charge in [0.05, 0.1) is 4.70 Å².